The number of primary amides is 1. The highest BCUT2D eigenvalue weighted by Gasteiger charge is 2.38. The predicted molar refractivity (Wildman–Crippen MR) is 70.5 cm³/mol. The molecule has 2 atom stereocenters. The molecule has 112 valence electrons. The second kappa shape index (κ2) is 5.23. The number of benzene rings is 1. The third-order valence-electron chi connectivity index (χ3n) is 3.69. The Balaban J connectivity index is 1.72. The molecule has 2 amide bonds. The van der Waals surface area contributed by atoms with Gasteiger partial charge in [-0.2, -0.15) is 0 Å². The molecule has 21 heavy (non-hydrogen) atoms. The standard InChI is InChI=1S/C14H15FN2O4/c15-9-5-10(14(16)19)17(6-9)13(18)4-8-1-2-11-12(3-8)21-7-20-11/h1-3,9-10H,4-7H2,(H2,16,19)/t9-,10+/m1/s1. The van der Waals surface area contributed by atoms with E-state index in [1.165, 1.54) is 4.90 Å². The Morgan fingerprint density at radius 2 is 2.10 bits per heavy atom. The Bertz CT molecular complexity index is 592. The Labute approximate surface area is 120 Å². The fourth-order valence-electron chi connectivity index (χ4n) is 2.66. The minimum atomic E-state index is -1.21. The number of ether oxygens (including phenoxy) is 2. The number of hydrogen-bond acceptors (Lipinski definition) is 4. The molecule has 1 aromatic rings. The number of nitrogens with two attached hydrogens (primary N) is 1. The molecule has 0 bridgehead atoms. The molecule has 0 aliphatic carbocycles. The molecule has 2 aliphatic rings. The molecule has 0 radical (unpaired) electrons. The number of nitrogens with zero attached hydrogens (tertiary/aromatic N) is 1. The minimum absolute atomic E-state index is 0.0256. The van der Waals surface area contributed by atoms with E-state index in [2.05, 4.69) is 0 Å². The van der Waals surface area contributed by atoms with Crippen LogP contribution < -0.4 is 15.2 Å². The maximum atomic E-state index is 13.4. The zero-order chi connectivity index (χ0) is 15.0. The van der Waals surface area contributed by atoms with Gasteiger partial charge < -0.3 is 20.1 Å². The number of hydrogen-bond donors (Lipinski definition) is 1. The Morgan fingerprint density at radius 1 is 1.33 bits per heavy atom. The third kappa shape index (κ3) is 2.63. The summed E-state index contributed by atoms with van der Waals surface area (Å²) < 4.78 is 23.9. The largest absolute Gasteiger partial charge is 0.454 e. The maximum Gasteiger partial charge on any atom is 0.240 e. The molecule has 1 aromatic carbocycles. The molecule has 0 spiro atoms. The van der Waals surface area contributed by atoms with Crippen LogP contribution in [0.15, 0.2) is 18.2 Å². The van der Waals surface area contributed by atoms with E-state index in [1.54, 1.807) is 18.2 Å². The van der Waals surface area contributed by atoms with Crippen LogP contribution in [0.2, 0.25) is 0 Å². The third-order valence-corrected chi connectivity index (χ3v) is 3.69. The summed E-state index contributed by atoms with van der Waals surface area (Å²) in [5.41, 5.74) is 5.94. The smallest absolute Gasteiger partial charge is 0.240 e. The van der Waals surface area contributed by atoms with Gasteiger partial charge in [-0.3, -0.25) is 9.59 Å². The van der Waals surface area contributed by atoms with Crippen molar-refractivity contribution in [3.05, 3.63) is 23.8 Å². The van der Waals surface area contributed by atoms with Crippen LogP contribution in [0.5, 0.6) is 11.5 Å². The molecular formula is C14H15FN2O4. The average molecular weight is 294 g/mol. The summed E-state index contributed by atoms with van der Waals surface area (Å²) in [5.74, 6) is 0.217. The molecule has 3 rings (SSSR count). The molecule has 6 nitrogen and oxygen atoms in total. The van der Waals surface area contributed by atoms with Gasteiger partial charge in [0.05, 0.1) is 13.0 Å². The van der Waals surface area contributed by atoms with Crippen LogP contribution >= 0.6 is 0 Å². The highest BCUT2D eigenvalue weighted by Crippen LogP contribution is 2.33. The molecule has 2 aliphatic heterocycles. The summed E-state index contributed by atoms with van der Waals surface area (Å²) in [7, 11) is 0. The first-order valence-corrected chi connectivity index (χ1v) is 6.66. The Kier molecular flexibility index (Phi) is 3.40. The summed E-state index contributed by atoms with van der Waals surface area (Å²) in [6, 6.07) is 4.32. The maximum absolute atomic E-state index is 13.4. The van der Waals surface area contributed by atoms with Gasteiger partial charge in [0.15, 0.2) is 11.5 Å². The molecule has 1 saturated heterocycles. The van der Waals surface area contributed by atoms with Crippen molar-refractivity contribution < 1.29 is 23.5 Å². The highest BCUT2D eigenvalue weighted by atomic mass is 19.1. The lowest BCUT2D eigenvalue weighted by molar-refractivity contribution is -0.136. The zero-order valence-electron chi connectivity index (χ0n) is 11.3. The van der Waals surface area contributed by atoms with Gasteiger partial charge >= 0.3 is 0 Å². The minimum Gasteiger partial charge on any atom is -0.454 e. The van der Waals surface area contributed by atoms with Crippen molar-refractivity contribution in [2.24, 2.45) is 5.73 Å². The van der Waals surface area contributed by atoms with Crippen LogP contribution in [-0.4, -0.2) is 42.3 Å². The first kappa shape index (κ1) is 13.7. The van der Waals surface area contributed by atoms with Crippen molar-refractivity contribution in [3.8, 4) is 11.5 Å². The van der Waals surface area contributed by atoms with Gasteiger partial charge in [0, 0.05) is 6.42 Å². The number of carbonyl (C=O) groups is 2. The summed E-state index contributed by atoms with van der Waals surface area (Å²) in [6.07, 6.45) is -1.17. The lowest BCUT2D eigenvalue weighted by Crippen LogP contribution is -2.44. The monoisotopic (exact) mass is 294 g/mol. The molecule has 1 fully saturated rings. The van der Waals surface area contributed by atoms with Crippen LogP contribution in [0.3, 0.4) is 0 Å². The fraction of sp³-hybridized carbons (Fsp3) is 0.429. The van der Waals surface area contributed by atoms with Crippen LogP contribution in [0.25, 0.3) is 0 Å². The van der Waals surface area contributed by atoms with Crippen molar-refractivity contribution in [1.29, 1.82) is 0 Å². The van der Waals surface area contributed by atoms with Crippen LogP contribution in [-0.2, 0) is 16.0 Å². The normalized spacial score (nSPS) is 23.4. The van der Waals surface area contributed by atoms with Gasteiger partial charge in [-0.05, 0) is 17.7 Å². The summed E-state index contributed by atoms with van der Waals surface area (Å²) in [6.45, 7) is 0.0726. The SMILES string of the molecule is NC(=O)[C@@H]1C[C@@H](F)CN1C(=O)Cc1ccc2c(c1)OCO2. The van der Waals surface area contributed by atoms with Crippen molar-refractivity contribution in [1.82, 2.24) is 4.90 Å². The molecular weight excluding hydrogens is 279 g/mol. The molecule has 0 unspecified atom stereocenters. The van der Waals surface area contributed by atoms with Gasteiger partial charge in [0.25, 0.3) is 0 Å². The van der Waals surface area contributed by atoms with Gasteiger partial charge in [0.1, 0.15) is 12.2 Å². The summed E-state index contributed by atoms with van der Waals surface area (Å²) in [5, 5.41) is 0. The van der Waals surface area contributed by atoms with Crippen LogP contribution in [0.4, 0.5) is 4.39 Å². The van der Waals surface area contributed by atoms with E-state index < -0.39 is 18.1 Å². The second-order valence-corrected chi connectivity index (χ2v) is 5.16. The van der Waals surface area contributed by atoms with Gasteiger partial charge in [-0.1, -0.05) is 6.07 Å². The van der Waals surface area contributed by atoms with E-state index in [0.717, 1.165) is 5.56 Å². The second-order valence-electron chi connectivity index (χ2n) is 5.16. The molecule has 7 heteroatoms. The first-order chi connectivity index (χ1) is 10.0. The number of fused-ring (bicyclic) bond motifs is 1. The molecule has 2 heterocycles. The topological polar surface area (TPSA) is 81.9 Å². The number of amides is 2. The Morgan fingerprint density at radius 3 is 2.86 bits per heavy atom. The summed E-state index contributed by atoms with van der Waals surface area (Å²) >= 11 is 0. The zero-order valence-corrected chi connectivity index (χ0v) is 11.3. The lowest BCUT2D eigenvalue weighted by Gasteiger charge is -2.21. The van der Waals surface area contributed by atoms with Gasteiger partial charge in [0.2, 0.25) is 18.6 Å². The van der Waals surface area contributed by atoms with Gasteiger partial charge in [-0.15, -0.1) is 0 Å². The number of carbonyl (C=O) groups excluding carboxylic acids is 2. The van der Waals surface area contributed by atoms with Crippen molar-refractivity contribution in [3.63, 3.8) is 0 Å². The van der Waals surface area contributed by atoms with Crippen LogP contribution in [0, 0.1) is 0 Å². The summed E-state index contributed by atoms with van der Waals surface area (Å²) in [4.78, 5) is 24.8. The van der Waals surface area contributed by atoms with E-state index in [9.17, 15) is 14.0 Å². The fourth-order valence-corrected chi connectivity index (χ4v) is 2.66. The van der Waals surface area contributed by atoms with Crippen molar-refractivity contribution in [2.45, 2.75) is 25.1 Å². The molecule has 0 aromatic heterocycles. The predicted octanol–water partition coefficient (Wildman–Crippen LogP) is 0.382. The number of alkyl halides is 1. The van der Waals surface area contributed by atoms with Crippen molar-refractivity contribution >= 4 is 11.8 Å². The average Bonchev–Trinajstić information content (AvgIpc) is 3.04. The van der Waals surface area contributed by atoms with Crippen molar-refractivity contribution in [2.75, 3.05) is 13.3 Å². The van der Waals surface area contributed by atoms with Gasteiger partial charge in [-0.25, -0.2) is 4.39 Å². The quantitative estimate of drug-likeness (QED) is 0.874. The molecule has 0 saturated carbocycles. The first-order valence-electron chi connectivity index (χ1n) is 6.66. The van der Waals surface area contributed by atoms with E-state index >= 15 is 0 Å². The number of halogens is 1. The van der Waals surface area contributed by atoms with E-state index in [0.29, 0.717) is 11.5 Å². The lowest BCUT2D eigenvalue weighted by atomic mass is 10.1. The highest BCUT2D eigenvalue weighted by molar-refractivity contribution is 5.88. The van der Waals surface area contributed by atoms with E-state index in [4.69, 9.17) is 15.2 Å². The number of likely N-dealkylation sites (tertiary alicyclic amines) is 1. The van der Waals surface area contributed by atoms with E-state index in [-0.39, 0.29) is 32.1 Å². The van der Waals surface area contributed by atoms with Crippen LogP contribution in [0.1, 0.15) is 12.0 Å². The number of rotatable bonds is 3. The van der Waals surface area contributed by atoms with E-state index in [1.807, 2.05) is 0 Å². The molecule has 2 N–H and O–H groups in total. The Hall–Kier alpha value is -2.31.